The lowest BCUT2D eigenvalue weighted by Crippen LogP contribution is -2.44. The minimum atomic E-state index is -0.781. The van der Waals surface area contributed by atoms with Gasteiger partial charge >= 0.3 is 0 Å². The van der Waals surface area contributed by atoms with E-state index in [1.807, 2.05) is 13.0 Å². The zero-order valence-electron chi connectivity index (χ0n) is 11.8. The van der Waals surface area contributed by atoms with Gasteiger partial charge in [-0.15, -0.1) is 0 Å². The van der Waals surface area contributed by atoms with Gasteiger partial charge in [0.1, 0.15) is 11.4 Å². The molecule has 1 saturated heterocycles. The number of β-amino-alcohol motifs (C(OH)–C–C–N with tert-alkyl or cyclic N) is 1. The number of rotatable bonds is 2. The molecule has 1 aromatic rings. The van der Waals surface area contributed by atoms with Crippen LogP contribution in [0.2, 0.25) is 0 Å². The van der Waals surface area contributed by atoms with Crippen LogP contribution >= 0.6 is 0 Å². The van der Waals surface area contributed by atoms with Crippen molar-refractivity contribution in [3.05, 3.63) is 28.8 Å². The minimum absolute atomic E-state index is 0.672. The first-order valence-electron chi connectivity index (χ1n) is 6.53. The monoisotopic (exact) mass is 249 g/mol. The van der Waals surface area contributed by atoms with E-state index in [0.717, 1.165) is 36.3 Å². The number of likely N-dealkylation sites (tertiary alicyclic amines) is 1. The third kappa shape index (κ3) is 2.25. The first-order valence-corrected chi connectivity index (χ1v) is 6.53. The highest BCUT2D eigenvalue weighted by atomic mass is 16.5. The minimum Gasteiger partial charge on any atom is -0.496 e. The summed E-state index contributed by atoms with van der Waals surface area (Å²) in [6.07, 6.45) is 1.82. The van der Waals surface area contributed by atoms with Crippen LogP contribution in [0.25, 0.3) is 0 Å². The van der Waals surface area contributed by atoms with Crippen LogP contribution < -0.4 is 4.74 Å². The number of hydrogen-bond acceptors (Lipinski definition) is 3. The quantitative estimate of drug-likeness (QED) is 0.872. The van der Waals surface area contributed by atoms with Crippen LogP contribution in [0.15, 0.2) is 12.1 Å². The van der Waals surface area contributed by atoms with Gasteiger partial charge in [0.2, 0.25) is 0 Å². The van der Waals surface area contributed by atoms with Crippen molar-refractivity contribution in [3.8, 4) is 5.75 Å². The molecule has 1 atom stereocenters. The summed E-state index contributed by atoms with van der Waals surface area (Å²) in [5.41, 5.74) is 2.47. The van der Waals surface area contributed by atoms with Crippen LogP contribution in [0, 0.1) is 13.8 Å². The van der Waals surface area contributed by atoms with Gasteiger partial charge in [-0.05, 0) is 51.4 Å². The maximum Gasteiger partial charge on any atom is 0.128 e. The molecule has 0 radical (unpaired) electrons. The summed E-state index contributed by atoms with van der Waals surface area (Å²) in [6.45, 7) is 5.84. The molecule has 3 nitrogen and oxygen atoms in total. The molecule has 1 unspecified atom stereocenters. The molecule has 1 aliphatic rings. The lowest BCUT2D eigenvalue weighted by Gasteiger charge is -2.38. The Morgan fingerprint density at radius 1 is 1.33 bits per heavy atom. The van der Waals surface area contributed by atoms with Crippen LogP contribution in [0.1, 0.15) is 29.5 Å². The van der Waals surface area contributed by atoms with Crippen LogP contribution in [0.3, 0.4) is 0 Å². The van der Waals surface area contributed by atoms with Crippen molar-refractivity contribution < 1.29 is 9.84 Å². The summed E-state index contributed by atoms with van der Waals surface area (Å²) in [5.74, 6) is 0.841. The Kier molecular flexibility index (Phi) is 3.64. The van der Waals surface area contributed by atoms with E-state index in [2.05, 4.69) is 24.9 Å². The normalized spacial score (nSPS) is 25.2. The van der Waals surface area contributed by atoms with Crippen molar-refractivity contribution in [2.75, 3.05) is 27.2 Å². The van der Waals surface area contributed by atoms with Gasteiger partial charge in [-0.1, -0.05) is 12.1 Å². The molecule has 1 N–H and O–H groups in total. The van der Waals surface area contributed by atoms with E-state index in [9.17, 15) is 5.11 Å². The van der Waals surface area contributed by atoms with E-state index in [1.54, 1.807) is 7.11 Å². The van der Waals surface area contributed by atoms with E-state index in [-0.39, 0.29) is 0 Å². The fourth-order valence-corrected chi connectivity index (χ4v) is 2.89. The second-order valence-corrected chi connectivity index (χ2v) is 5.46. The Labute approximate surface area is 109 Å². The molecule has 0 spiro atoms. The summed E-state index contributed by atoms with van der Waals surface area (Å²) in [5, 5.41) is 10.9. The molecule has 3 heteroatoms. The van der Waals surface area contributed by atoms with Gasteiger partial charge in [-0.2, -0.15) is 0 Å². The Hall–Kier alpha value is -1.06. The predicted molar refractivity (Wildman–Crippen MR) is 73.1 cm³/mol. The van der Waals surface area contributed by atoms with Gasteiger partial charge in [0.05, 0.1) is 7.11 Å². The lowest BCUT2D eigenvalue weighted by molar-refractivity contribution is -0.0293. The van der Waals surface area contributed by atoms with Crippen molar-refractivity contribution in [2.45, 2.75) is 32.3 Å². The number of nitrogens with zero attached hydrogens (tertiary/aromatic N) is 1. The molecular formula is C15H23NO2. The number of hydrogen-bond donors (Lipinski definition) is 1. The number of aliphatic hydroxyl groups is 1. The highest BCUT2D eigenvalue weighted by Crippen LogP contribution is 2.39. The van der Waals surface area contributed by atoms with Gasteiger partial charge in [0.25, 0.3) is 0 Å². The van der Waals surface area contributed by atoms with Gasteiger partial charge < -0.3 is 14.7 Å². The van der Waals surface area contributed by atoms with Crippen LogP contribution in [-0.4, -0.2) is 37.3 Å². The first-order chi connectivity index (χ1) is 8.48. The number of aryl methyl sites for hydroxylation is 1. The average Bonchev–Trinajstić information content (AvgIpc) is 2.32. The number of methoxy groups -OCH3 is 1. The zero-order valence-corrected chi connectivity index (χ0v) is 11.8. The van der Waals surface area contributed by atoms with E-state index in [0.29, 0.717) is 6.54 Å². The van der Waals surface area contributed by atoms with Gasteiger partial charge in [0.15, 0.2) is 0 Å². The summed E-state index contributed by atoms with van der Waals surface area (Å²) in [4.78, 5) is 2.18. The molecule has 1 heterocycles. The molecule has 2 rings (SSSR count). The molecule has 0 aliphatic carbocycles. The Bertz CT molecular complexity index is 444. The third-order valence-electron chi connectivity index (χ3n) is 4.04. The second-order valence-electron chi connectivity index (χ2n) is 5.46. The largest absolute Gasteiger partial charge is 0.496 e. The molecular weight excluding hydrogens is 226 g/mol. The van der Waals surface area contributed by atoms with E-state index < -0.39 is 5.60 Å². The summed E-state index contributed by atoms with van der Waals surface area (Å²) in [6, 6.07) is 4.08. The summed E-state index contributed by atoms with van der Waals surface area (Å²) in [7, 11) is 3.73. The number of ether oxygens (including phenoxy) is 1. The van der Waals surface area contributed by atoms with Gasteiger partial charge in [-0.25, -0.2) is 0 Å². The van der Waals surface area contributed by atoms with Gasteiger partial charge in [0, 0.05) is 12.1 Å². The predicted octanol–water partition coefficient (Wildman–Crippen LogP) is 2.23. The van der Waals surface area contributed by atoms with Crippen LogP contribution in [0.5, 0.6) is 5.75 Å². The number of piperidine rings is 1. The SMILES string of the molecule is COc1c(C2(O)CCCN(C)C2)ccc(C)c1C. The maximum atomic E-state index is 10.9. The molecule has 0 amide bonds. The molecule has 18 heavy (non-hydrogen) atoms. The highest BCUT2D eigenvalue weighted by molar-refractivity contribution is 5.48. The Morgan fingerprint density at radius 3 is 2.67 bits per heavy atom. The van der Waals surface area contributed by atoms with Crippen molar-refractivity contribution in [1.82, 2.24) is 4.90 Å². The average molecular weight is 249 g/mol. The Balaban J connectivity index is 2.46. The Morgan fingerprint density at radius 2 is 2.06 bits per heavy atom. The van der Waals surface area contributed by atoms with Crippen molar-refractivity contribution in [2.24, 2.45) is 0 Å². The number of likely N-dealkylation sites (N-methyl/N-ethyl adjacent to an activating group) is 1. The second kappa shape index (κ2) is 4.90. The van der Waals surface area contributed by atoms with Crippen molar-refractivity contribution in [3.63, 3.8) is 0 Å². The molecule has 0 saturated carbocycles. The van der Waals surface area contributed by atoms with E-state index in [1.165, 1.54) is 5.56 Å². The molecule has 1 fully saturated rings. The fraction of sp³-hybridized carbons (Fsp3) is 0.600. The standard InChI is InChI=1S/C15H23NO2/c1-11-6-7-13(14(18-4)12(11)2)15(17)8-5-9-16(3)10-15/h6-7,17H,5,8-10H2,1-4H3. The zero-order chi connectivity index (χ0) is 13.3. The first kappa shape index (κ1) is 13.4. The van der Waals surface area contributed by atoms with Gasteiger partial charge in [-0.3, -0.25) is 0 Å². The summed E-state index contributed by atoms with van der Waals surface area (Å²) >= 11 is 0. The molecule has 0 bridgehead atoms. The van der Waals surface area contributed by atoms with Crippen LogP contribution in [-0.2, 0) is 5.60 Å². The smallest absolute Gasteiger partial charge is 0.128 e. The van der Waals surface area contributed by atoms with E-state index >= 15 is 0 Å². The molecule has 1 aromatic carbocycles. The molecule has 0 aromatic heterocycles. The molecule has 1 aliphatic heterocycles. The number of benzene rings is 1. The topological polar surface area (TPSA) is 32.7 Å². The van der Waals surface area contributed by atoms with Crippen LogP contribution in [0.4, 0.5) is 0 Å². The summed E-state index contributed by atoms with van der Waals surface area (Å²) < 4.78 is 5.53. The highest BCUT2D eigenvalue weighted by Gasteiger charge is 2.36. The fourth-order valence-electron chi connectivity index (χ4n) is 2.89. The van der Waals surface area contributed by atoms with Crippen molar-refractivity contribution >= 4 is 0 Å². The third-order valence-corrected chi connectivity index (χ3v) is 4.04. The van der Waals surface area contributed by atoms with Crippen molar-refractivity contribution in [1.29, 1.82) is 0 Å². The van der Waals surface area contributed by atoms with E-state index in [4.69, 9.17) is 4.74 Å². The maximum absolute atomic E-state index is 10.9. The molecule has 100 valence electrons. The lowest BCUT2D eigenvalue weighted by atomic mass is 9.84.